The summed E-state index contributed by atoms with van der Waals surface area (Å²) in [4.78, 5) is 8.58. The second kappa shape index (κ2) is 4.96. The van der Waals surface area contributed by atoms with E-state index in [-0.39, 0.29) is 0 Å². The third-order valence-electron chi connectivity index (χ3n) is 2.47. The zero-order chi connectivity index (χ0) is 12.4. The number of hydrogen-bond acceptors (Lipinski definition) is 4. The van der Waals surface area contributed by atoms with E-state index in [4.69, 9.17) is 0 Å². The van der Waals surface area contributed by atoms with E-state index in [0.717, 1.165) is 15.9 Å². The Morgan fingerprint density at radius 1 is 1.11 bits per heavy atom. The first-order valence-electron chi connectivity index (χ1n) is 5.47. The van der Waals surface area contributed by atoms with Gasteiger partial charge in [0.05, 0.1) is 32.5 Å². The van der Waals surface area contributed by atoms with Crippen LogP contribution in [-0.4, -0.2) is 14.2 Å². The van der Waals surface area contributed by atoms with E-state index >= 15 is 0 Å². The fourth-order valence-electron chi connectivity index (χ4n) is 1.63. The molecule has 3 rings (SSSR count). The number of hydrogen-bond donors (Lipinski definition) is 0. The SMILES string of the molecule is O=S(Cc1ccccn1)c1nc2ccccc2s1. The second-order valence-corrected chi connectivity index (χ2v) is 6.41. The van der Waals surface area contributed by atoms with Gasteiger partial charge in [-0.3, -0.25) is 9.19 Å². The van der Waals surface area contributed by atoms with E-state index < -0.39 is 10.8 Å². The normalized spacial score (nSPS) is 12.7. The molecule has 18 heavy (non-hydrogen) atoms. The van der Waals surface area contributed by atoms with Crippen molar-refractivity contribution in [2.24, 2.45) is 0 Å². The molecule has 1 aromatic carbocycles. The van der Waals surface area contributed by atoms with Crippen LogP contribution in [0.3, 0.4) is 0 Å². The van der Waals surface area contributed by atoms with Crippen LogP contribution in [0.25, 0.3) is 10.2 Å². The summed E-state index contributed by atoms with van der Waals surface area (Å²) in [5, 5.41) is 0. The average molecular weight is 274 g/mol. The lowest BCUT2D eigenvalue weighted by Gasteiger charge is -1.97. The number of para-hydroxylation sites is 1. The maximum absolute atomic E-state index is 12.2. The number of benzene rings is 1. The number of thiazole rings is 1. The summed E-state index contributed by atoms with van der Waals surface area (Å²) in [7, 11) is -1.12. The molecule has 3 aromatic rings. The van der Waals surface area contributed by atoms with Crippen molar-refractivity contribution >= 4 is 32.4 Å². The Bertz CT molecular complexity index is 661. The van der Waals surface area contributed by atoms with Gasteiger partial charge in [-0.2, -0.15) is 0 Å². The predicted molar refractivity (Wildman–Crippen MR) is 74.0 cm³/mol. The van der Waals surface area contributed by atoms with Gasteiger partial charge in [-0.25, -0.2) is 4.98 Å². The van der Waals surface area contributed by atoms with Crippen molar-refractivity contribution in [3.8, 4) is 0 Å². The van der Waals surface area contributed by atoms with Gasteiger partial charge in [0.1, 0.15) is 0 Å². The van der Waals surface area contributed by atoms with Crippen LogP contribution < -0.4 is 0 Å². The molecule has 0 spiro atoms. The smallest absolute Gasteiger partial charge is 0.182 e. The van der Waals surface area contributed by atoms with Gasteiger partial charge in [0, 0.05) is 6.20 Å². The van der Waals surface area contributed by atoms with Crippen LogP contribution in [0, 0.1) is 0 Å². The van der Waals surface area contributed by atoms with Gasteiger partial charge in [0.2, 0.25) is 0 Å². The quantitative estimate of drug-likeness (QED) is 0.737. The maximum Gasteiger partial charge on any atom is 0.182 e. The zero-order valence-corrected chi connectivity index (χ0v) is 11.1. The number of pyridine rings is 1. The Kier molecular flexibility index (Phi) is 3.17. The molecule has 90 valence electrons. The van der Waals surface area contributed by atoms with Crippen LogP contribution in [0.1, 0.15) is 5.69 Å². The fraction of sp³-hybridized carbons (Fsp3) is 0.0769. The van der Waals surface area contributed by atoms with Crippen LogP contribution in [0.4, 0.5) is 0 Å². The van der Waals surface area contributed by atoms with E-state index in [1.54, 1.807) is 6.20 Å². The van der Waals surface area contributed by atoms with Crippen molar-refractivity contribution in [1.29, 1.82) is 0 Å². The standard InChI is InChI=1S/C13H10N2OS2/c16-18(9-10-5-3-4-8-14-10)13-15-11-6-1-2-7-12(11)17-13/h1-8H,9H2. The first kappa shape index (κ1) is 11.5. The topological polar surface area (TPSA) is 42.9 Å². The molecule has 5 heteroatoms. The van der Waals surface area contributed by atoms with Crippen molar-refractivity contribution in [3.63, 3.8) is 0 Å². The molecule has 2 heterocycles. The molecule has 1 atom stereocenters. The first-order chi connectivity index (χ1) is 8.83. The maximum atomic E-state index is 12.2. The second-order valence-electron chi connectivity index (χ2n) is 3.76. The molecule has 0 amide bonds. The molecule has 0 saturated carbocycles. The summed E-state index contributed by atoms with van der Waals surface area (Å²) >= 11 is 1.49. The van der Waals surface area contributed by atoms with Crippen LogP contribution in [0.15, 0.2) is 53.0 Å². The molecule has 0 aliphatic rings. The zero-order valence-electron chi connectivity index (χ0n) is 9.45. The van der Waals surface area contributed by atoms with Gasteiger partial charge in [-0.05, 0) is 24.3 Å². The molecule has 0 saturated heterocycles. The third kappa shape index (κ3) is 2.32. The number of aromatic nitrogens is 2. The highest BCUT2D eigenvalue weighted by atomic mass is 32.2. The van der Waals surface area contributed by atoms with E-state index in [0.29, 0.717) is 10.1 Å². The molecule has 0 aliphatic heterocycles. The van der Waals surface area contributed by atoms with Crippen molar-refractivity contribution in [1.82, 2.24) is 9.97 Å². The number of rotatable bonds is 3. The molecular weight excluding hydrogens is 264 g/mol. The molecule has 0 aliphatic carbocycles. The van der Waals surface area contributed by atoms with Gasteiger partial charge < -0.3 is 0 Å². The highest BCUT2D eigenvalue weighted by Crippen LogP contribution is 2.24. The molecule has 0 radical (unpaired) electrons. The summed E-state index contributed by atoms with van der Waals surface area (Å²) in [6.45, 7) is 0. The molecule has 3 nitrogen and oxygen atoms in total. The lowest BCUT2D eigenvalue weighted by molar-refractivity contribution is 0.681. The summed E-state index contributed by atoms with van der Waals surface area (Å²) < 4.78 is 13.9. The molecular formula is C13H10N2OS2. The van der Waals surface area contributed by atoms with Gasteiger partial charge in [-0.1, -0.05) is 18.2 Å². The Morgan fingerprint density at radius 2 is 1.94 bits per heavy atom. The fourth-order valence-corrected chi connectivity index (χ4v) is 3.91. The lowest BCUT2D eigenvalue weighted by atomic mass is 10.3. The minimum atomic E-state index is -1.12. The Hall–Kier alpha value is -1.59. The molecule has 2 aromatic heterocycles. The minimum Gasteiger partial charge on any atom is -0.260 e. The van der Waals surface area contributed by atoms with Crippen LogP contribution in [0.2, 0.25) is 0 Å². The van der Waals surface area contributed by atoms with Gasteiger partial charge >= 0.3 is 0 Å². The third-order valence-corrected chi connectivity index (χ3v) is 5.15. The van der Waals surface area contributed by atoms with Crippen molar-refractivity contribution in [2.45, 2.75) is 10.1 Å². The Balaban J connectivity index is 1.88. The minimum absolute atomic E-state index is 0.417. The molecule has 0 fully saturated rings. The summed E-state index contributed by atoms with van der Waals surface area (Å²) in [6, 6.07) is 13.5. The molecule has 0 bridgehead atoms. The van der Waals surface area contributed by atoms with E-state index in [9.17, 15) is 4.21 Å². The van der Waals surface area contributed by atoms with E-state index in [1.807, 2.05) is 42.5 Å². The Morgan fingerprint density at radius 3 is 2.72 bits per heavy atom. The van der Waals surface area contributed by atoms with Crippen molar-refractivity contribution < 1.29 is 4.21 Å². The van der Waals surface area contributed by atoms with Crippen LogP contribution in [-0.2, 0) is 16.6 Å². The number of nitrogens with zero attached hydrogens (tertiary/aromatic N) is 2. The predicted octanol–water partition coefficient (Wildman–Crippen LogP) is 3.00. The molecule has 0 N–H and O–H groups in total. The first-order valence-corrected chi connectivity index (χ1v) is 7.60. The Labute approximate surface area is 111 Å². The van der Waals surface area contributed by atoms with Crippen LogP contribution >= 0.6 is 11.3 Å². The monoisotopic (exact) mass is 274 g/mol. The average Bonchev–Trinajstić information content (AvgIpc) is 2.84. The summed E-state index contributed by atoms with van der Waals surface area (Å²) in [5.41, 5.74) is 1.74. The van der Waals surface area contributed by atoms with E-state index in [1.165, 1.54) is 11.3 Å². The van der Waals surface area contributed by atoms with Gasteiger partial charge in [0.15, 0.2) is 4.34 Å². The largest absolute Gasteiger partial charge is 0.260 e. The van der Waals surface area contributed by atoms with Gasteiger partial charge in [0.25, 0.3) is 0 Å². The van der Waals surface area contributed by atoms with Crippen molar-refractivity contribution in [2.75, 3.05) is 0 Å². The van der Waals surface area contributed by atoms with E-state index in [2.05, 4.69) is 9.97 Å². The van der Waals surface area contributed by atoms with Crippen LogP contribution in [0.5, 0.6) is 0 Å². The summed E-state index contributed by atoms with van der Waals surface area (Å²) in [6.07, 6.45) is 1.71. The highest BCUT2D eigenvalue weighted by Gasteiger charge is 2.11. The molecule has 1 unspecified atom stereocenters. The highest BCUT2D eigenvalue weighted by molar-refractivity contribution is 7.86. The van der Waals surface area contributed by atoms with Crippen molar-refractivity contribution in [3.05, 3.63) is 54.4 Å². The summed E-state index contributed by atoms with van der Waals surface area (Å²) in [5.74, 6) is 0.417. The lowest BCUT2D eigenvalue weighted by Crippen LogP contribution is -1.97. The van der Waals surface area contributed by atoms with Gasteiger partial charge in [-0.15, -0.1) is 11.3 Å². The number of fused-ring (bicyclic) bond motifs is 1.